The molecule has 1 aromatic heterocycles. The van der Waals surface area contributed by atoms with Crippen molar-refractivity contribution in [1.29, 1.82) is 0 Å². The molecule has 0 unspecified atom stereocenters. The van der Waals surface area contributed by atoms with E-state index >= 15 is 0 Å². The van der Waals surface area contributed by atoms with Gasteiger partial charge in [0.25, 0.3) is 0 Å². The molecule has 160 valence electrons. The van der Waals surface area contributed by atoms with E-state index < -0.39 is 6.23 Å². The van der Waals surface area contributed by atoms with Gasteiger partial charge < -0.3 is 18.8 Å². The number of benzene rings is 2. The zero-order valence-corrected chi connectivity index (χ0v) is 18.0. The number of ether oxygens (including phenoxy) is 3. The molecule has 4 rings (SSSR count). The Morgan fingerprint density at radius 1 is 1.16 bits per heavy atom. The van der Waals surface area contributed by atoms with E-state index in [-0.39, 0.29) is 16.8 Å². The molecule has 2 heterocycles. The summed E-state index contributed by atoms with van der Waals surface area (Å²) < 4.78 is 19.0. The van der Waals surface area contributed by atoms with Crippen molar-refractivity contribution in [3.05, 3.63) is 81.1 Å². The molecule has 7 heteroatoms. The lowest BCUT2D eigenvalue weighted by molar-refractivity contribution is 0.101. The number of nitrogens with zero attached hydrogens (tertiary/aromatic N) is 1. The predicted molar refractivity (Wildman–Crippen MR) is 118 cm³/mol. The smallest absolute Gasteiger partial charge is 0.202 e. The lowest BCUT2D eigenvalue weighted by Gasteiger charge is -2.32. The van der Waals surface area contributed by atoms with E-state index in [4.69, 9.17) is 25.8 Å². The number of aromatic nitrogens is 1. The van der Waals surface area contributed by atoms with Crippen LogP contribution in [0.5, 0.6) is 11.5 Å². The molecule has 0 saturated heterocycles. The number of pyridine rings is 1. The number of fused-ring (bicyclic) bond motifs is 3. The zero-order valence-electron chi connectivity index (χ0n) is 17.3. The van der Waals surface area contributed by atoms with Gasteiger partial charge in [-0.2, -0.15) is 0 Å². The number of carbonyl (C=O) groups excluding carboxylic acids is 1. The number of Topliss-reactive ketones (excluding diaryl/α,β-unsaturated/α-hetero) is 1. The second kappa shape index (κ2) is 8.96. The van der Waals surface area contributed by atoms with Gasteiger partial charge in [0.05, 0.1) is 22.9 Å². The maximum atomic E-state index is 12.6. The standard InChI is InChI=1S/C24H22ClNO5/c1-15(27)18-14-26-20(12-21(18)28)17-11-19(25)23(30-10-6-9-29-2)13-22(17)31-24(26)16-7-4-3-5-8-16/h3-5,7-8,11-14,24H,6,9-10H2,1-2H3/t24-/m1/s1. The number of carbonyl (C=O) groups is 1. The first-order valence-electron chi connectivity index (χ1n) is 9.94. The molecule has 1 atom stereocenters. The zero-order chi connectivity index (χ0) is 22.0. The van der Waals surface area contributed by atoms with Crippen molar-refractivity contribution >= 4 is 17.4 Å². The topological polar surface area (TPSA) is 66.8 Å². The van der Waals surface area contributed by atoms with Crippen LogP contribution in [0.1, 0.15) is 35.5 Å². The number of hydrogen-bond donors (Lipinski definition) is 0. The molecular weight excluding hydrogens is 418 g/mol. The first-order chi connectivity index (χ1) is 15.0. The quantitative estimate of drug-likeness (QED) is 0.393. The molecule has 1 aliphatic heterocycles. The van der Waals surface area contributed by atoms with Gasteiger partial charge in [0, 0.05) is 49.6 Å². The molecule has 0 N–H and O–H groups in total. The van der Waals surface area contributed by atoms with Crippen LogP contribution in [0.15, 0.2) is 59.5 Å². The van der Waals surface area contributed by atoms with E-state index in [1.807, 2.05) is 30.3 Å². The van der Waals surface area contributed by atoms with Crippen LogP contribution in [0.2, 0.25) is 5.02 Å². The highest BCUT2D eigenvalue weighted by Gasteiger charge is 2.29. The maximum absolute atomic E-state index is 12.6. The summed E-state index contributed by atoms with van der Waals surface area (Å²) in [6.45, 7) is 2.42. The second-order valence-corrected chi connectivity index (χ2v) is 7.66. The first-order valence-corrected chi connectivity index (χ1v) is 10.3. The molecule has 0 saturated carbocycles. The Kier molecular flexibility index (Phi) is 6.11. The third-order valence-electron chi connectivity index (χ3n) is 5.10. The highest BCUT2D eigenvalue weighted by Crippen LogP contribution is 2.44. The summed E-state index contributed by atoms with van der Waals surface area (Å²) in [6, 6.07) is 14.5. The summed E-state index contributed by atoms with van der Waals surface area (Å²) >= 11 is 6.46. The van der Waals surface area contributed by atoms with Gasteiger partial charge in [0.1, 0.15) is 11.5 Å². The third kappa shape index (κ3) is 4.22. The van der Waals surface area contributed by atoms with Crippen molar-refractivity contribution in [3.63, 3.8) is 0 Å². The summed E-state index contributed by atoms with van der Waals surface area (Å²) in [4.78, 5) is 24.6. The van der Waals surface area contributed by atoms with E-state index in [0.717, 1.165) is 12.0 Å². The molecule has 0 amide bonds. The van der Waals surface area contributed by atoms with Gasteiger partial charge in [-0.15, -0.1) is 0 Å². The fourth-order valence-electron chi connectivity index (χ4n) is 3.58. The predicted octanol–water partition coefficient (Wildman–Crippen LogP) is 4.73. The average Bonchev–Trinajstić information content (AvgIpc) is 2.76. The van der Waals surface area contributed by atoms with Gasteiger partial charge in [0.15, 0.2) is 11.2 Å². The average molecular weight is 440 g/mol. The molecule has 0 bridgehead atoms. The summed E-state index contributed by atoms with van der Waals surface area (Å²) in [5.41, 5.74) is 1.94. The second-order valence-electron chi connectivity index (χ2n) is 7.25. The maximum Gasteiger partial charge on any atom is 0.202 e. The van der Waals surface area contributed by atoms with Gasteiger partial charge in [-0.05, 0) is 13.0 Å². The summed E-state index contributed by atoms with van der Waals surface area (Å²) in [5.74, 6) is 0.755. The van der Waals surface area contributed by atoms with E-state index in [1.54, 1.807) is 30.0 Å². The number of hydrogen-bond acceptors (Lipinski definition) is 5. The van der Waals surface area contributed by atoms with Crippen molar-refractivity contribution in [2.75, 3.05) is 20.3 Å². The van der Waals surface area contributed by atoms with Crippen molar-refractivity contribution in [1.82, 2.24) is 4.57 Å². The van der Waals surface area contributed by atoms with Gasteiger partial charge in [-0.3, -0.25) is 9.59 Å². The molecule has 0 fully saturated rings. The van der Waals surface area contributed by atoms with Crippen LogP contribution in [-0.4, -0.2) is 30.7 Å². The highest BCUT2D eigenvalue weighted by molar-refractivity contribution is 6.32. The van der Waals surface area contributed by atoms with Crippen molar-refractivity contribution in [2.45, 2.75) is 19.6 Å². The summed E-state index contributed by atoms with van der Waals surface area (Å²) in [7, 11) is 1.64. The Balaban J connectivity index is 1.83. The van der Waals surface area contributed by atoms with Crippen LogP contribution < -0.4 is 14.9 Å². The fraction of sp³-hybridized carbons (Fsp3) is 0.250. The van der Waals surface area contributed by atoms with E-state index in [2.05, 4.69) is 0 Å². The van der Waals surface area contributed by atoms with Crippen LogP contribution in [0.3, 0.4) is 0 Å². The number of methoxy groups -OCH3 is 1. The Morgan fingerprint density at radius 3 is 2.65 bits per heavy atom. The number of rotatable bonds is 7. The normalized spacial score (nSPS) is 14.4. The Labute approximate surface area is 184 Å². The third-order valence-corrected chi connectivity index (χ3v) is 5.39. The van der Waals surface area contributed by atoms with E-state index in [0.29, 0.717) is 41.0 Å². The van der Waals surface area contributed by atoms with Crippen LogP contribution in [0.4, 0.5) is 0 Å². The highest BCUT2D eigenvalue weighted by atomic mass is 35.5. The molecule has 0 radical (unpaired) electrons. The molecular formula is C24H22ClNO5. The van der Waals surface area contributed by atoms with Crippen molar-refractivity contribution < 1.29 is 19.0 Å². The molecule has 31 heavy (non-hydrogen) atoms. The molecule has 0 spiro atoms. The SMILES string of the molecule is COCCCOc1cc2c(cc1Cl)-c1cc(=O)c(C(C)=O)cn1[C@@H](c1ccccc1)O2. The fourth-order valence-corrected chi connectivity index (χ4v) is 3.79. The molecule has 1 aliphatic rings. The molecule has 3 aromatic rings. The monoisotopic (exact) mass is 439 g/mol. The minimum absolute atomic E-state index is 0.112. The van der Waals surface area contributed by atoms with Gasteiger partial charge in [-0.25, -0.2) is 0 Å². The Hall–Kier alpha value is -3.09. The first kappa shape index (κ1) is 21.2. The van der Waals surface area contributed by atoms with Crippen LogP contribution >= 0.6 is 11.6 Å². The molecule has 2 aromatic carbocycles. The molecule has 6 nitrogen and oxygen atoms in total. The largest absolute Gasteiger partial charge is 0.492 e. The van der Waals surface area contributed by atoms with Crippen LogP contribution in [-0.2, 0) is 4.74 Å². The van der Waals surface area contributed by atoms with Gasteiger partial charge in [-0.1, -0.05) is 41.9 Å². The Bertz CT molecular complexity index is 1170. The lowest BCUT2D eigenvalue weighted by atomic mass is 10.0. The van der Waals surface area contributed by atoms with E-state index in [9.17, 15) is 9.59 Å². The lowest BCUT2D eigenvalue weighted by Crippen LogP contribution is -2.27. The van der Waals surface area contributed by atoms with Crippen molar-refractivity contribution in [3.8, 4) is 22.8 Å². The number of ketones is 1. The molecule has 0 aliphatic carbocycles. The van der Waals surface area contributed by atoms with Gasteiger partial charge in [0.2, 0.25) is 6.23 Å². The van der Waals surface area contributed by atoms with Crippen molar-refractivity contribution in [2.24, 2.45) is 0 Å². The van der Waals surface area contributed by atoms with E-state index in [1.165, 1.54) is 13.0 Å². The van der Waals surface area contributed by atoms with Crippen LogP contribution in [0, 0.1) is 0 Å². The van der Waals surface area contributed by atoms with Gasteiger partial charge >= 0.3 is 0 Å². The van der Waals surface area contributed by atoms with Crippen LogP contribution in [0.25, 0.3) is 11.3 Å². The number of halogens is 1. The minimum Gasteiger partial charge on any atom is -0.492 e. The summed E-state index contributed by atoms with van der Waals surface area (Å²) in [6.07, 6.45) is 1.73. The minimum atomic E-state index is -0.551. The summed E-state index contributed by atoms with van der Waals surface area (Å²) in [5, 5.41) is 0.410. The Morgan fingerprint density at radius 2 is 1.94 bits per heavy atom.